The SMILES string of the molecule is CN(C(c1ccc(C(C)(C)C)cc1)c1cccc2c1Oc1c(P(c3ccccc3)c3ccccc3)cccc1C2(C)C)S(=O)C(C)(C)C. The van der Waals surface area contributed by atoms with Crippen molar-refractivity contribution in [1.29, 1.82) is 0 Å². The maximum Gasteiger partial charge on any atom is 0.139 e. The van der Waals surface area contributed by atoms with Gasteiger partial charge in [-0.05, 0) is 55.8 Å². The topological polar surface area (TPSA) is 29.5 Å². The highest BCUT2D eigenvalue weighted by molar-refractivity contribution is 7.84. The summed E-state index contributed by atoms with van der Waals surface area (Å²) in [4.78, 5) is 0. The van der Waals surface area contributed by atoms with Crippen molar-refractivity contribution in [3.05, 3.63) is 149 Å². The van der Waals surface area contributed by atoms with Gasteiger partial charge in [-0.3, -0.25) is 0 Å². The number of ether oxygens (including phenoxy) is 1. The summed E-state index contributed by atoms with van der Waals surface area (Å²) in [5.41, 5.74) is 5.41. The number of hydrogen-bond acceptors (Lipinski definition) is 2. The van der Waals surface area contributed by atoms with Crippen LogP contribution >= 0.6 is 7.92 Å². The first kappa shape index (κ1) is 34.3. The summed E-state index contributed by atoms with van der Waals surface area (Å²) in [5, 5.41) is 3.76. The van der Waals surface area contributed by atoms with Crippen molar-refractivity contribution >= 4 is 34.8 Å². The summed E-state index contributed by atoms with van der Waals surface area (Å²) >= 11 is 0. The zero-order valence-electron chi connectivity index (χ0n) is 29.7. The van der Waals surface area contributed by atoms with Gasteiger partial charge in [0.25, 0.3) is 0 Å². The quantitative estimate of drug-likeness (QED) is 0.161. The highest BCUT2D eigenvalue weighted by atomic mass is 32.2. The standard InChI is InChI=1S/C43H48NO2PS/c1-41(2,3)31-28-26-30(27-29-31)38(44(9)48(45)42(4,5)6)34-22-16-23-35-39(34)46-40-36(43(35,7)8)24-17-25-37(40)47(32-18-12-10-13-19-32)33-20-14-11-15-21-33/h10-29,38H,1-9H3. The van der Waals surface area contributed by atoms with Gasteiger partial charge in [-0.15, -0.1) is 0 Å². The second-order valence-electron chi connectivity index (χ2n) is 15.3. The third-order valence-electron chi connectivity index (χ3n) is 9.40. The monoisotopic (exact) mass is 673 g/mol. The summed E-state index contributed by atoms with van der Waals surface area (Å²) < 4.78 is 23.0. The number of para-hydroxylation sites is 2. The minimum Gasteiger partial charge on any atom is -0.456 e. The summed E-state index contributed by atoms with van der Waals surface area (Å²) in [6.45, 7) is 17.4. The Morgan fingerprint density at radius 3 is 1.71 bits per heavy atom. The summed E-state index contributed by atoms with van der Waals surface area (Å²) in [5.74, 6) is 1.80. The van der Waals surface area contributed by atoms with Crippen molar-refractivity contribution in [3.8, 4) is 11.5 Å². The van der Waals surface area contributed by atoms with Crippen LogP contribution in [0.25, 0.3) is 0 Å². The zero-order chi connectivity index (χ0) is 34.4. The Balaban J connectivity index is 1.56. The molecule has 6 rings (SSSR count). The van der Waals surface area contributed by atoms with Crippen LogP contribution in [0.3, 0.4) is 0 Å². The van der Waals surface area contributed by atoms with Gasteiger partial charge in [0.1, 0.15) is 22.5 Å². The van der Waals surface area contributed by atoms with E-state index < -0.39 is 23.7 Å². The molecule has 0 fully saturated rings. The molecule has 0 N–H and O–H groups in total. The Labute approximate surface area is 291 Å². The second-order valence-corrected chi connectivity index (χ2v) is 19.8. The first-order valence-corrected chi connectivity index (χ1v) is 19.2. The normalized spacial score (nSPS) is 15.4. The molecule has 48 heavy (non-hydrogen) atoms. The molecule has 0 saturated carbocycles. The smallest absolute Gasteiger partial charge is 0.139 e. The average molecular weight is 674 g/mol. The molecule has 0 aliphatic carbocycles. The van der Waals surface area contributed by atoms with Gasteiger partial charge < -0.3 is 4.74 Å². The predicted molar refractivity (Wildman–Crippen MR) is 206 cm³/mol. The Bertz CT molecular complexity index is 1880. The maximum absolute atomic E-state index is 14.1. The Hall–Kier alpha value is -3.56. The van der Waals surface area contributed by atoms with Crippen LogP contribution in [0.15, 0.2) is 121 Å². The summed E-state index contributed by atoms with van der Waals surface area (Å²) in [6, 6.07) is 43.3. The Kier molecular flexibility index (Phi) is 9.33. The van der Waals surface area contributed by atoms with Crippen LogP contribution < -0.4 is 20.7 Å². The van der Waals surface area contributed by atoms with Gasteiger partial charge in [0.15, 0.2) is 0 Å². The van der Waals surface area contributed by atoms with Crippen molar-refractivity contribution in [2.24, 2.45) is 0 Å². The molecule has 5 aromatic carbocycles. The molecule has 1 aliphatic heterocycles. The fraction of sp³-hybridized carbons (Fsp3) is 0.302. The van der Waals surface area contributed by atoms with E-state index in [-0.39, 0.29) is 16.9 Å². The molecule has 5 aromatic rings. The molecule has 248 valence electrons. The van der Waals surface area contributed by atoms with E-state index in [4.69, 9.17) is 4.74 Å². The van der Waals surface area contributed by atoms with Crippen molar-refractivity contribution in [3.63, 3.8) is 0 Å². The molecular weight excluding hydrogens is 626 g/mol. The second kappa shape index (κ2) is 13.0. The number of fused-ring (bicyclic) bond motifs is 2. The number of rotatable bonds is 7. The van der Waals surface area contributed by atoms with E-state index >= 15 is 0 Å². The third kappa shape index (κ3) is 6.43. The predicted octanol–water partition coefficient (Wildman–Crippen LogP) is 9.66. The molecule has 1 aliphatic rings. The van der Waals surface area contributed by atoms with Crippen LogP contribution in [0.4, 0.5) is 0 Å². The molecule has 0 bridgehead atoms. The van der Waals surface area contributed by atoms with Crippen LogP contribution in [-0.4, -0.2) is 20.3 Å². The van der Waals surface area contributed by atoms with E-state index in [1.54, 1.807) is 0 Å². The molecule has 3 nitrogen and oxygen atoms in total. The molecule has 0 amide bonds. The number of nitrogens with zero attached hydrogens (tertiary/aromatic N) is 1. The molecule has 5 heteroatoms. The van der Waals surface area contributed by atoms with Crippen LogP contribution in [0.1, 0.15) is 89.2 Å². The lowest BCUT2D eigenvalue weighted by atomic mass is 9.74. The zero-order valence-corrected chi connectivity index (χ0v) is 31.5. The summed E-state index contributed by atoms with van der Waals surface area (Å²) in [6.07, 6.45) is 0. The van der Waals surface area contributed by atoms with E-state index in [9.17, 15) is 4.21 Å². The van der Waals surface area contributed by atoms with Gasteiger partial charge >= 0.3 is 0 Å². The lowest BCUT2D eigenvalue weighted by molar-refractivity contribution is 0.389. The molecule has 0 saturated heterocycles. The van der Waals surface area contributed by atoms with E-state index in [1.807, 2.05) is 32.1 Å². The van der Waals surface area contributed by atoms with Crippen LogP contribution in [0.5, 0.6) is 11.5 Å². The maximum atomic E-state index is 14.1. The lowest BCUT2D eigenvalue weighted by Gasteiger charge is -2.40. The van der Waals surface area contributed by atoms with Crippen LogP contribution in [0.2, 0.25) is 0 Å². The highest BCUT2D eigenvalue weighted by Gasteiger charge is 2.40. The van der Waals surface area contributed by atoms with Gasteiger partial charge in [-0.1, -0.05) is 156 Å². The van der Waals surface area contributed by atoms with Gasteiger partial charge in [0.05, 0.1) is 10.8 Å². The van der Waals surface area contributed by atoms with E-state index in [0.29, 0.717) is 0 Å². The molecule has 2 atom stereocenters. The molecule has 1 heterocycles. The number of hydrogen-bond donors (Lipinski definition) is 0. The van der Waals surface area contributed by atoms with E-state index in [2.05, 4.69) is 156 Å². The van der Waals surface area contributed by atoms with Crippen LogP contribution in [0, 0.1) is 0 Å². The minimum absolute atomic E-state index is 0.0309. The average Bonchev–Trinajstić information content (AvgIpc) is 3.06. The molecule has 0 spiro atoms. The van der Waals surface area contributed by atoms with Gasteiger partial charge in [0.2, 0.25) is 0 Å². The lowest BCUT2D eigenvalue weighted by Crippen LogP contribution is -2.38. The Morgan fingerprint density at radius 2 is 1.19 bits per heavy atom. The van der Waals surface area contributed by atoms with Crippen molar-refractivity contribution < 1.29 is 8.95 Å². The molecular formula is C43H48NO2PS. The first-order chi connectivity index (χ1) is 22.7. The number of benzene rings is 5. The minimum atomic E-state index is -1.28. The van der Waals surface area contributed by atoms with Crippen LogP contribution in [-0.2, 0) is 21.8 Å². The van der Waals surface area contributed by atoms with E-state index in [1.165, 1.54) is 27.0 Å². The summed E-state index contributed by atoms with van der Waals surface area (Å²) in [7, 11) is -0.192. The van der Waals surface area contributed by atoms with Crippen molar-refractivity contribution in [2.75, 3.05) is 7.05 Å². The molecule has 0 aromatic heterocycles. The largest absolute Gasteiger partial charge is 0.456 e. The highest BCUT2D eigenvalue weighted by Crippen LogP contribution is 2.53. The third-order valence-corrected chi connectivity index (χ3v) is 13.6. The van der Waals surface area contributed by atoms with E-state index in [0.717, 1.165) is 28.2 Å². The van der Waals surface area contributed by atoms with Gasteiger partial charge in [-0.2, -0.15) is 0 Å². The van der Waals surface area contributed by atoms with Gasteiger partial charge in [-0.25, -0.2) is 8.51 Å². The molecule has 0 radical (unpaired) electrons. The fourth-order valence-electron chi connectivity index (χ4n) is 6.78. The molecule has 2 unspecified atom stereocenters. The van der Waals surface area contributed by atoms with Gasteiger partial charge in [0, 0.05) is 34.5 Å². The van der Waals surface area contributed by atoms with Crippen molar-refractivity contribution in [2.45, 2.75) is 77.0 Å². The fourth-order valence-corrected chi connectivity index (χ4v) is 10.5. The van der Waals surface area contributed by atoms with Crippen molar-refractivity contribution in [1.82, 2.24) is 4.31 Å². The first-order valence-electron chi connectivity index (χ1n) is 16.8. The Morgan fingerprint density at radius 1 is 0.667 bits per heavy atom.